The second kappa shape index (κ2) is 5.10. The minimum Gasteiger partial charge on any atom is -0.461 e. The van der Waals surface area contributed by atoms with Crippen LogP contribution in [0.1, 0.15) is 39.1 Å². The molecule has 0 aromatic carbocycles. The molecule has 0 bridgehead atoms. The largest absolute Gasteiger partial charge is 0.461 e. The van der Waals surface area contributed by atoms with Crippen molar-refractivity contribution in [1.29, 1.82) is 0 Å². The van der Waals surface area contributed by atoms with E-state index in [9.17, 15) is 14.4 Å². The van der Waals surface area contributed by atoms with E-state index in [1.54, 1.807) is 23.6 Å². The van der Waals surface area contributed by atoms with Crippen LogP contribution in [0.25, 0.3) is 0 Å². The van der Waals surface area contributed by atoms with Gasteiger partial charge in [-0.15, -0.1) is 11.3 Å². The van der Waals surface area contributed by atoms with Crippen LogP contribution < -0.4 is 0 Å². The Balaban J connectivity index is 2.31. The summed E-state index contributed by atoms with van der Waals surface area (Å²) in [7, 11) is 0. The van der Waals surface area contributed by atoms with E-state index in [-0.39, 0.29) is 29.5 Å². The van der Waals surface area contributed by atoms with Crippen LogP contribution in [0.15, 0.2) is 34.3 Å². The summed E-state index contributed by atoms with van der Waals surface area (Å²) in [6.45, 7) is 1.35. The van der Waals surface area contributed by atoms with Crippen LogP contribution in [-0.2, 0) is 4.79 Å². The number of hydrogen-bond acceptors (Lipinski definition) is 5. The van der Waals surface area contributed by atoms with E-state index in [1.165, 1.54) is 13.2 Å². The summed E-state index contributed by atoms with van der Waals surface area (Å²) in [5.41, 5.74) is 0.293. The minimum atomic E-state index is -0.340. The van der Waals surface area contributed by atoms with E-state index in [0.717, 1.165) is 11.3 Å². The van der Waals surface area contributed by atoms with Gasteiger partial charge in [0.2, 0.25) is 5.78 Å². The van der Waals surface area contributed by atoms with E-state index in [1.807, 2.05) is 0 Å². The van der Waals surface area contributed by atoms with Crippen molar-refractivity contribution in [3.05, 3.63) is 46.0 Å². The smallest absolute Gasteiger partial charge is 0.229 e. The number of furan rings is 1. The Morgan fingerprint density at radius 3 is 2.67 bits per heavy atom. The SMILES string of the molecule is CC(=O)CC(=O)c1sccc1C(=O)c1ccco1. The van der Waals surface area contributed by atoms with Gasteiger partial charge in [-0.05, 0) is 30.5 Å². The number of thiophene rings is 1. The van der Waals surface area contributed by atoms with Gasteiger partial charge in [0.05, 0.1) is 17.6 Å². The zero-order chi connectivity index (χ0) is 13.1. The highest BCUT2D eigenvalue weighted by molar-refractivity contribution is 7.12. The fourth-order valence-electron chi connectivity index (χ4n) is 1.55. The van der Waals surface area contributed by atoms with Gasteiger partial charge in [0, 0.05) is 5.56 Å². The molecular weight excluding hydrogens is 252 g/mol. The average Bonchev–Trinajstić information content (AvgIpc) is 2.98. The molecule has 0 saturated heterocycles. The molecule has 5 heteroatoms. The third-order valence-corrected chi connectivity index (χ3v) is 3.27. The summed E-state index contributed by atoms with van der Waals surface area (Å²) in [5.74, 6) is -0.698. The van der Waals surface area contributed by atoms with Crippen molar-refractivity contribution in [2.75, 3.05) is 0 Å². The molecule has 0 atom stereocenters. The third kappa shape index (κ3) is 2.46. The van der Waals surface area contributed by atoms with E-state index in [2.05, 4.69) is 0 Å². The Bertz CT molecular complexity index is 592. The summed E-state index contributed by atoms with van der Waals surface area (Å²) >= 11 is 1.16. The summed E-state index contributed by atoms with van der Waals surface area (Å²) in [6, 6.07) is 4.72. The zero-order valence-corrected chi connectivity index (χ0v) is 10.5. The Hall–Kier alpha value is -2.01. The maximum atomic E-state index is 12.1. The van der Waals surface area contributed by atoms with Crippen LogP contribution in [0.4, 0.5) is 0 Å². The lowest BCUT2D eigenvalue weighted by atomic mass is 10.1. The summed E-state index contributed by atoms with van der Waals surface area (Å²) < 4.78 is 5.01. The zero-order valence-electron chi connectivity index (χ0n) is 9.64. The van der Waals surface area contributed by atoms with Crippen molar-refractivity contribution in [2.24, 2.45) is 0 Å². The van der Waals surface area contributed by atoms with E-state index in [0.29, 0.717) is 10.4 Å². The average molecular weight is 262 g/mol. The van der Waals surface area contributed by atoms with Gasteiger partial charge in [0.15, 0.2) is 11.5 Å². The highest BCUT2D eigenvalue weighted by Gasteiger charge is 2.22. The molecule has 0 amide bonds. The van der Waals surface area contributed by atoms with Crippen LogP contribution in [-0.4, -0.2) is 17.3 Å². The van der Waals surface area contributed by atoms with Crippen molar-refractivity contribution < 1.29 is 18.8 Å². The van der Waals surface area contributed by atoms with Crippen molar-refractivity contribution in [2.45, 2.75) is 13.3 Å². The lowest BCUT2D eigenvalue weighted by Gasteiger charge is -1.99. The Morgan fingerprint density at radius 1 is 1.28 bits per heavy atom. The van der Waals surface area contributed by atoms with Crippen molar-refractivity contribution in [3.8, 4) is 0 Å². The fraction of sp³-hybridized carbons (Fsp3) is 0.154. The lowest BCUT2D eigenvalue weighted by Crippen LogP contribution is -2.09. The predicted molar refractivity (Wildman–Crippen MR) is 66.1 cm³/mol. The molecule has 0 radical (unpaired) electrons. The first-order valence-corrected chi connectivity index (χ1v) is 6.16. The van der Waals surface area contributed by atoms with Crippen molar-refractivity contribution in [3.63, 3.8) is 0 Å². The molecule has 2 aromatic heterocycles. The highest BCUT2D eigenvalue weighted by atomic mass is 32.1. The van der Waals surface area contributed by atoms with Crippen LogP contribution in [0, 0.1) is 0 Å². The fourth-order valence-corrected chi connectivity index (χ4v) is 2.38. The molecule has 0 fully saturated rings. The molecule has 0 N–H and O–H groups in total. The molecule has 4 nitrogen and oxygen atoms in total. The molecule has 0 saturated carbocycles. The monoisotopic (exact) mass is 262 g/mol. The molecule has 0 aliphatic rings. The maximum absolute atomic E-state index is 12.1. The highest BCUT2D eigenvalue weighted by Crippen LogP contribution is 2.22. The molecule has 0 unspecified atom stereocenters. The van der Waals surface area contributed by atoms with E-state index >= 15 is 0 Å². The minimum absolute atomic E-state index is 0.182. The van der Waals surface area contributed by atoms with Crippen molar-refractivity contribution >= 4 is 28.7 Å². The molecule has 92 valence electrons. The number of carbonyl (C=O) groups excluding carboxylic acids is 3. The quantitative estimate of drug-likeness (QED) is 0.614. The molecule has 0 aliphatic heterocycles. The second-order valence-corrected chi connectivity index (χ2v) is 4.69. The molecule has 2 aromatic rings. The maximum Gasteiger partial charge on any atom is 0.229 e. The second-order valence-electron chi connectivity index (χ2n) is 3.77. The topological polar surface area (TPSA) is 64.3 Å². The standard InChI is InChI=1S/C13H10O4S/c1-8(14)7-10(15)13-9(4-6-18-13)12(16)11-3-2-5-17-11/h2-6H,7H2,1H3. The Kier molecular flexibility index (Phi) is 3.53. The summed E-state index contributed by atoms with van der Waals surface area (Å²) in [5, 5.41) is 1.66. The van der Waals surface area contributed by atoms with Gasteiger partial charge in [-0.25, -0.2) is 0 Å². The van der Waals surface area contributed by atoms with Crippen LogP contribution in [0.2, 0.25) is 0 Å². The summed E-state index contributed by atoms with van der Waals surface area (Å²) in [6.07, 6.45) is 1.22. The van der Waals surface area contributed by atoms with E-state index < -0.39 is 0 Å². The molecule has 18 heavy (non-hydrogen) atoms. The van der Waals surface area contributed by atoms with Gasteiger partial charge in [-0.2, -0.15) is 0 Å². The van der Waals surface area contributed by atoms with Crippen LogP contribution in [0.5, 0.6) is 0 Å². The molecule has 0 aliphatic carbocycles. The van der Waals surface area contributed by atoms with E-state index in [4.69, 9.17) is 4.42 Å². The number of rotatable bonds is 5. The number of carbonyl (C=O) groups is 3. The third-order valence-electron chi connectivity index (χ3n) is 2.32. The Morgan fingerprint density at radius 2 is 2.06 bits per heavy atom. The van der Waals surface area contributed by atoms with Gasteiger partial charge in [-0.3, -0.25) is 14.4 Å². The first-order valence-electron chi connectivity index (χ1n) is 5.28. The van der Waals surface area contributed by atoms with Crippen LogP contribution >= 0.6 is 11.3 Å². The molecule has 0 spiro atoms. The van der Waals surface area contributed by atoms with Crippen molar-refractivity contribution in [1.82, 2.24) is 0 Å². The van der Waals surface area contributed by atoms with Crippen LogP contribution in [0.3, 0.4) is 0 Å². The van der Waals surface area contributed by atoms with Gasteiger partial charge < -0.3 is 4.42 Å². The number of ketones is 3. The van der Waals surface area contributed by atoms with Gasteiger partial charge in [-0.1, -0.05) is 0 Å². The first-order chi connectivity index (χ1) is 8.59. The number of Topliss-reactive ketones (excluding diaryl/α,β-unsaturated/α-hetero) is 2. The van der Waals surface area contributed by atoms with Gasteiger partial charge >= 0.3 is 0 Å². The lowest BCUT2D eigenvalue weighted by molar-refractivity contribution is -0.116. The Labute approximate surface area is 107 Å². The molecular formula is C13H10O4S. The molecule has 2 heterocycles. The normalized spacial score (nSPS) is 10.3. The predicted octanol–water partition coefficient (Wildman–Crippen LogP) is 2.73. The molecule has 2 rings (SSSR count). The summed E-state index contributed by atoms with van der Waals surface area (Å²) in [4.78, 5) is 35.1. The van der Waals surface area contributed by atoms with Gasteiger partial charge in [0.1, 0.15) is 5.78 Å². The number of hydrogen-bond donors (Lipinski definition) is 0. The first kappa shape index (κ1) is 12.4. The van der Waals surface area contributed by atoms with Gasteiger partial charge in [0.25, 0.3) is 0 Å².